The first kappa shape index (κ1) is 19.5. The Morgan fingerprint density at radius 2 is 1.45 bits per heavy atom. The molecular formula is C26H21NO3S. The number of fused-ring (bicyclic) bond motifs is 2. The summed E-state index contributed by atoms with van der Waals surface area (Å²) in [6.07, 6.45) is 0.682. The largest absolute Gasteiger partial charge is 0.382 e. The van der Waals surface area contributed by atoms with E-state index in [9.17, 15) is 13.5 Å². The van der Waals surface area contributed by atoms with Crippen LogP contribution in [-0.4, -0.2) is 13.5 Å². The number of anilines is 1. The third-order valence-electron chi connectivity index (χ3n) is 5.60. The Balaban J connectivity index is 1.77. The third-order valence-corrected chi connectivity index (χ3v) is 7.35. The van der Waals surface area contributed by atoms with Gasteiger partial charge in [-0.25, -0.2) is 12.7 Å². The molecule has 0 spiro atoms. The third kappa shape index (κ3) is 3.32. The summed E-state index contributed by atoms with van der Waals surface area (Å²) < 4.78 is 28.8. The van der Waals surface area contributed by atoms with E-state index in [-0.39, 0.29) is 4.90 Å². The van der Waals surface area contributed by atoms with Gasteiger partial charge in [-0.3, -0.25) is 0 Å². The highest BCUT2D eigenvalue weighted by molar-refractivity contribution is 7.93. The van der Waals surface area contributed by atoms with Crippen molar-refractivity contribution in [1.82, 2.24) is 0 Å². The van der Waals surface area contributed by atoms with Crippen LogP contribution in [-0.2, 0) is 10.0 Å². The first-order chi connectivity index (χ1) is 14.9. The molecule has 31 heavy (non-hydrogen) atoms. The van der Waals surface area contributed by atoms with E-state index in [4.69, 9.17) is 0 Å². The number of sulfonamides is 1. The van der Waals surface area contributed by atoms with Gasteiger partial charge in [0.15, 0.2) is 0 Å². The molecule has 0 bridgehead atoms. The second-order valence-electron chi connectivity index (χ2n) is 7.72. The molecule has 0 saturated carbocycles. The van der Waals surface area contributed by atoms with Crippen LogP contribution in [0.25, 0.3) is 16.8 Å². The maximum atomic E-state index is 13.8. The standard InChI is InChI=1S/C26H21NO3S/c1-18-11-13-22(14-12-18)31(29,30)27-24-17-21-10-6-5-9-20(21)16-23(24)26(28)25(27)15-19-7-3-2-4-8-19/h2-17,26,28H,1H3/b25-15-. The Bertz CT molecular complexity index is 1410. The van der Waals surface area contributed by atoms with Gasteiger partial charge >= 0.3 is 0 Å². The van der Waals surface area contributed by atoms with Crippen molar-refractivity contribution in [2.45, 2.75) is 17.9 Å². The fourth-order valence-electron chi connectivity index (χ4n) is 3.99. The fraction of sp³-hybridized carbons (Fsp3) is 0.0769. The van der Waals surface area contributed by atoms with E-state index in [1.165, 1.54) is 4.31 Å². The van der Waals surface area contributed by atoms with Crippen molar-refractivity contribution >= 4 is 32.6 Å². The first-order valence-electron chi connectivity index (χ1n) is 10.0. The van der Waals surface area contributed by atoms with Gasteiger partial charge in [0.05, 0.1) is 16.3 Å². The Kier molecular flexibility index (Phi) is 4.65. The smallest absolute Gasteiger partial charge is 0.268 e. The van der Waals surface area contributed by atoms with Gasteiger partial charge in [0.1, 0.15) is 6.10 Å². The summed E-state index contributed by atoms with van der Waals surface area (Å²) in [7, 11) is -3.93. The summed E-state index contributed by atoms with van der Waals surface area (Å²) in [5, 5.41) is 13.1. The van der Waals surface area contributed by atoms with Crippen molar-refractivity contribution in [3.05, 3.63) is 113 Å². The van der Waals surface area contributed by atoms with E-state index in [0.717, 1.165) is 21.9 Å². The molecule has 1 aliphatic heterocycles. The molecule has 1 atom stereocenters. The summed E-state index contributed by atoms with van der Waals surface area (Å²) in [6, 6.07) is 27.7. The van der Waals surface area contributed by atoms with Crippen molar-refractivity contribution in [2.75, 3.05) is 4.31 Å². The molecule has 0 saturated heterocycles. The van der Waals surface area contributed by atoms with Crippen molar-refractivity contribution in [3.8, 4) is 0 Å². The fourth-order valence-corrected chi connectivity index (χ4v) is 5.53. The minimum atomic E-state index is -3.93. The topological polar surface area (TPSA) is 57.6 Å². The highest BCUT2D eigenvalue weighted by atomic mass is 32.2. The number of benzene rings is 4. The van der Waals surface area contributed by atoms with E-state index in [2.05, 4.69) is 0 Å². The number of aryl methyl sites for hydroxylation is 1. The predicted octanol–water partition coefficient (Wildman–Crippen LogP) is 5.43. The maximum absolute atomic E-state index is 13.8. The summed E-state index contributed by atoms with van der Waals surface area (Å²) in [6.45, 7) is 1.91. The van der Waals surface area contributed by atoms with Crippen LogP contribution in [0.2, 0.25) is 0 Å². The van der Waals surface area contributed by atoms with Crippen molar-refractivity contribution < 1.29 is 13.5 Å². The average Bonchev–Trinajstić information content (AvgIpc) is 3.04. The molecule has 1 heterocycles. The van der Waals surface area contributed by atoms with Gasteiger partial charge in [0.2, 0.25) is 0 Å². The second kappa shape index (κ2) is 7.38. The Morgan fingerprint density at radius 1 is 0.839 bits per heavy atom. The van der Waals surface area contributed by atoms with Gasteiger partial charge in [-0.05, 0) is 53.6 Å². The maximum Gasteiger partial charge on any atom is 0.268 e. The van der Waals surface area contributed by atoms with Gasteiger partial charge in [-0.1, -0.05) is 72.3 Å². The quantitative estimate of drug-likeness (QED) is 0.474. The summed E-state index contributed by atoms with van der Waals surface area (Å²) in [5.41, 5.74) is 3.17. The number of rotatable bonds is 3. The molecule has 4 aromatic rings. The molecule has 154 valence electrons. The molecule has 0 fully saturated rings. The number of hydrogen-bond acceptors (Lipinski definition) is 3. The van der Waals surface area contributed by atoms with E-state index in [0.29, 0.717) is 16.9 Å². The van der Waals surface area contributed by atoms with E-state index < -0.39 is 16.1 Å². The van der Waals surface area contributed by atoms with Gasteiger partial charge in [0.25, 0.3) is 10.0 Å². The van der Waals surface area contributed by atoms with E-state index in [1.54, 1.807) is 30.3 Å². The Hall–Kier alpha value is -3.41. The van der Waals surface area contributed by atoms with Crippen LogP contribution < -0.4 is 4.31 Å². The molecule has 1 aliphatic rings. The SMILES string of the molecule is Cc1ccc(S(=O)(=O)N2/C(=C\c3ccccc3)C(O)c3cc4ccccc4cc32)cc1. The molecular weight excluding hydrogens is 406 g/mol. The predicted molar refractivity (Wildman–Crippen MR) is 124 cm³/mol. The van der Waals surface area contributed by atoms with Crippen LogP contribution in [0.5, 0.6) is 0 Å². The van der Waals surface area contributed by atoms with Crippen LogP contribution in [0.1, 0.15) is 22.8 Å². The Labute approximate surface area is 181 Å². The highest BCUT2D eigenvalue weighted by Crippen LogP contribution is 2.47. The van der Waals surface area contributed by atoms with Crippen molar-refractivity contribution in [1.29, 1.82) is 0 Å². The lowest BCUT2D eigenvalue weighted by Gasteiger charge is -2.22. The van der Waals surface area contributed by atoms with Crippen LogP contribution in [0.15, 0.2) is 102 Å². The molecule has 0 radical (unpaired) electrons. The lowest BCUT2D eigenvalue weighted by Crippen LogP contribution is -2.28. The summed E-state index contributed by atoms with van der Waals surface area (Å²) >= 11 is 0. The summed E-state index contributed by atoms with van der Waals surface area (Å²) in [4.78, 5) is 0.185. The lowest BCUT2D eigenvalue weighted by atomic mass is 10.0. The second-order valence-corrected chi connectivity index (χ2v) is 9.51. The number of aliphatic hydroxyl groups is 1. The zero-order valence-electron chi connectivity index (χ0n) is 16.9. The molecule has 4 aromatic carbocycles. The van der Waals surface area contributed by atoms with Crippen LogP contribution in [0.3, 0.4) is 0 Å². The van der Waals surface area contributed by atoms with Crippen molar-refractivity contribution in [2.24, 2.45) is 0 Å². The monoisotopic (exact) mass is 427 g/mol. The van der Waals surface area contributed by atoms with Crippen LogP contribution >= 0.6 is 0 Å². The first-order valence-corrected chi connectivity index (χ1v) is 11.5. The van der Waals surface area contributed by atoms with Crippen LogP contribution in [0.4, 0.5) is 5.69 Å². The zero-order valence-corrected chi connectivity index (χ0v) is 17.8. The molecule has 0 amide bonds. The minimum absolute atomic E-state index is 0.185. The molecule has 1 unspecified atom stereocenters. The Morgan fingerprint density at radius 3 is 2.13 bits per heavy atom. The van der Waals surface area contributed by atoms with Gasteiger partial charge in [-0.15, -0.1) is 0 Å². The van der Waals surface area contributed by atoms with Crippen molar-refractivity contribution in [3.63, 3.8) is 0 Å². The zero-order chi connectivity index (χ0) is 21.6. The molecule has 5 heteroatoms. The van der Waals surface area contributed by atoms with E-state index in [1.807, 2.05) is 73.7 Å². The average molecular weight is 428 g/mol. The lowest BCUT2D eigenvalue weighted by molar-refractivity contribution is 0.223. The van der Waals surface area contributed by atoms with E-state index >= 15 is 0 Å². The highest BCUT2D eigenvalue weighted by Gasteiger charge is 2.40. The van der Waals surface area contributed by atoms with Gasteiger partial charge in [-0.2, -0.15) is 0 Å². The molecule has 0 aromatic heterocycles. The van der Waals surface area contributed by atoms with Gasteiger partial charge in [0, 0.05) is 5.56 Å². The number of aliphatic hydroxyl groups excluding tert-OH is 1. The molecule has 5 rings (SSSR count). The molecule has 1 N–H and O–H groups in total. The molecule has 0 aliphatic carbocycles. The number of hydrogen-bond donors (Lipinski definition) is 1. The normalized spacial score (nSPS) is 17.3. The van der Waals surface area contributed by atoms with Gasteiger partial charge < -0.3 is 5.11 Å². The molecule has 4 nitrogen and oxygen atoms in total. The summed E-state index contributed by atoms with van der Waals surface area (Å²) in [5.74, 6) is 0. The van der Waals surface area contributed by atoms with Crippen LogP contribution in [0, 0.1) is 6.92 Å². The minimum Gasteiger partial charge on any atom is -0.382 e. The number of nitrogens with zero attached hydrogens (tertiary/aromatic N) is 1.